The molecule has 3 amide bonds. The molecule has 0 heterocycles. The summed E-state index contributed by atoms with van der Waals surface area (Å²) in [6, 6.07) is 7.13. The third-order valence-corrected chi connectivity index (χ3v) is 4.67. The number of hydrogen-bond donors (Lipinski definition) is 3. The molecule has 0 aromatic heterocycles. The van der Waals surface area contributed by atoms with Crippen LogP contribution < -0.4 is 16.0 Å². The molecule has 0 aliphatic rings. The second kappa shape index (κ2) is 13.4. The predicted molar refractivity (Wildman–Crippen MR) is 125 cm³/mol. The van der Waals surface area contributed by atoms with E-state index in [-0.39, 0.29) is 11.8 Å². The molecule has 0 aliphatic heterocycles. The summed E-state index contributed by atoms with van der Waals surface area (Å²) in [5.74, 6) is -1.43. The molecule has 3 N–H and O–H groups in total. The van der Waals surface area contributed by atoms with Gasteiger partial charge in [-0.25, -0.2) is 9.59 Å². The first-order valence-corrected chi connectivity index (χ1v) is 11.2. The van der Waals surface area contributed by atoms with Gasteiger partial charge in [0.2, 0.25) is 5.91 Å². The van der Waals surface area contributed by atoms with E-state index >= 15 is 0 Å². The van der Waals surface area contributed by atoms with Gasteiger partial charge in [-0.15, -0.1) is 0 Å². The molecule has 0 radical (unpaired) electrons. The Morgan fingerprint density at radius 1 is 0.970 bits per heavy atom. The summed E-state index contributed by atoms with van der Waals surface area (Å²) in [4.78, 5) is 49.3. The number of amides is 3. The summed E-state index contributed by atoms with van der Waals surface area (Å²) >= 11 is 0. The number of benzene rings is 1. The van der Waals surface area contributed by atoms with Gasteiger partial charge < -0.3 is 25.4 Å². The van der Waals surface area contributed by atoms with Gasteiger partial charge in [-0.05, 0) is 58.1 Å². The van der Waals surface area contributed by atoms with Crippen molar-refractivity contribution >= 4 is 23.9 Å². The number of rotatable bonds is 11. The Bertz CT molecular complexity index is 789. The van der Waals surface area contributed by atoms with E-state index in [4.69, 9.17) is 9.47 Å². The fourth-order valence-electron chi connectivity index (χ4n) is 2.96. The monoisotopic (exact) mass is 463 g/mol. The Balaban J connectivity index is 2.69. The summed E-state index contributed by atoms with van der Waals surface area (Å²) in [6.45, 7) is 9.17. The van der Waals surface area contributed by atoms with Gasteiger partial charge >= 0.3 is 12.1 Å². The topological polar surface area (TPSA) is 123 Å². The average Bonchev–Trinajstić information content (AvgIpc) is 2.74. The fraction of sp³-hybridized carbons (Fsp3) is 0.583. The zero-order valence-corrected chi connectivity index (χ0v) is 20.4. The Morgan fingerprint density at radius 3 is 2.15 bits per heavy atom. The first-order chi connectivity index (χ1) is 15.4. The van der Waals surface area contributed by atoms with Gasteiger partial charge in [0.1, 0.15) is 17.7 Å². The smallest absolute Gasteiger partial charge is 0.408 e. The number of esters is 1. The van der Waals surface area contributed by atoms with E-state index in [1.54, 1.807) is 58.9 Å². The van der Waals surface area contributed by atoms with Crippen molar-refractivity contribution in [3.63, 3.8) is 0 Å². The van der Waals surface area contributed by atoms with Crippen molar-refractivity contribution in [2.75, 3.05) is 13.7 Å². The second-order valence-electron chi connectivity index (χ2n) is 9.07. The molecule has 33 heavy (non-hydrogen) atoms. The molecule has 0 unspecified atom stereocenters. The summed E-state index contributed by atoms with van der Waals surface area (Å²) in [7, 11) is 1.25. The maximum absolute atomic E-state index is 12.9. The van der Waals surface area contributed by atoms with Gasteiger partial charge in [-0.2, -0.15) is 0 Å². The number of nitrogens with one attached hydrogen (secondary N) is 3. The zero-order valence-electron chi connectivity index (χ0n) is 20.4. The minimum atomic E-state index is -0.907. The van der Waals surface area contributed by atoms with Crippen molar-refractivity contribution < 1.29 is 28.7 Å². The quantitative estimate of drug-likeness (QED) is 0.343. The predicted octanol–water partition coefficient (Wildman–Crippen LogP) is 2.79. The van der Waals surface area contributed by atoms with E-state index in [1.165, 1.54) is 7.11 Å². The summed E-state index contributed by atoms with van der Waals surface area (Å²) < 4.78 is 10.0. The molecule has 184 valence electrons. The molecule has 0 fully saturated rings. The average molecular weight is 464 g/mol. The largest absolute Gasteiger partial charge is 0.467 e. The van der Waals surface area contributed by atoms with Gasteiger partial charge in [0, 0.05) is 12.1 Å². The Hall–Kier alpha value is -3.10. The maximum atomic E-state index is 12.9. The first kappa shape index (κ1) is 27.9. The van der Waals surface area contributed by atoms with Crippen LogP contribution in [0.2, 0.25) is 0 Å². The summed E-state index contributed by atoms with van der Waals surface area (Å²) in [5.41, 5.74) is -0.150. The normalized spacial score (nSPS) is 12.9. The SMILES string of the molecule is COC(=O)[C@H](NC(=O)[C@H](CCCCNC(=O)c1ccccc1)NC(=O)OC(C)(C)C)C(C)C. The Labute approximate surface area is 196 Å². The molecule has 9 nitrogen and oxygen atoms in total. The zero-order chi connectivity index (χ0) is 25.0. The van der Waals surface area contributed by atoms with E-state index in [2.05, 4.69) is 16.0 Å². The van der Waals surface area contributed by atoms with Crippen LogP contribution in [0, 0.1) is 5.92 Å². The van der Waals surface area contributed by atoms with Crippen molar-refractivity contribution in [3.05, 3.63) is 35.9 Å². The highest BCUT2D eigenvalue weighted by Crippen LogP contribution is 2.10. The molecule has 1 aromatic carbocycles. The molecule has 0 aliphatic carbocycles. The number of unbranched alkanes of at least 4 members (excludes halogenated alkanes) is 1. The number of alkyl carbamates (subject to hydrolysis) is 1. The number of hydrogen-bond acceptors (Lipinski definition) is 6. The lowest BCUT2D eigenvalue weighted by atomic mass is 10.0. The number of methoxy groups -OCH3 is 1. The Kier molecular flexibility index (Phi) is 11.4. The maximum Gasteiger partial charge on any atom is 0.408 e. The standard InChI is InChI=1S/C24H37N3O6/c1-16(2)19(22(30)32-6)27-21(29)18(26-23(31)33-24(3,4)5)14-10-11-15-25-20(28)17-12-8-7-9-13-17/h7-9,12-13,16,18-19H,10-11,14-15H2,1-6H3,(H,25,28)(H,26,31)(H,27,29)/t18-,19+/m0/s1. The van der Waals surface area contributed by atoms with Crippen LogP contribution in [0.3, 0.4) is 0 Å². The van der Waals surface area contributed by atoms with Crippen LogP contribution in [0.15, 0.2) is 30.3 Å². The highest BCUT2D eigenvalue weighted by atomic mass is 16.6. The molecule has 0 spiro atoms. The fourth-order valence-corrected chi connectivity index (χ4v) is 2.96. The van der Waals surface area contributed by atoms with Gasteiger partial charge in [0.15, 0.2) is 0 Å². The number of ether oxygens (including phenoxy) is 2. The molecule has 2 atom stereocenters. The molecule has 0 bridgehead atoms. The van der Waals surface area contributed by atoms with E-state index in [1.807, 2.05) is 6.07 Å². The molecule has 1 aromatic rings. The van der Waals surface area contributed by atoms with Crippen molar-refractivity contribution in [1.29, 1.82) is 0 Å². The molecule has 0 saturated carbocycles. The summed E-state index contributed by atoms with van der Waals surface area (Å²) in [6.07, 6.45) is 0.730. The van der Waals surface area contributed by atoms with Crippen molar-refractivity contribution in [2.45, 2.75) is 71.6 Å². The van der Waals surface area contributed by atoms with Crippen LogP contribution in [0.25, 0.3) is 0 Å². The molecular formula is C24H37N3O6. The third-order valence-electron chi connectivity index (χ3n) is 4.67. The van der Waals surface area contributed by atoms with E-state index in [0.717, 1.165) is 0 Å². The van der Waals surface area contributed by atoms with Gasteiger partial charge in [0.25, 0.3) is 5.91 Å². The first-order valence-electron chi connectivity index (χ1n) is 11.2. The van der Waals surface area contributed by atoms with Crippen LogP contribution in [0.4, 0.5) is 4.79 Å². The lowest BCUT2D eigenvalue weighted by Gasteiger charge is -2.26. The van der Waals surface area contributed by atoms with Gasteiger partial charge in [-0.1, -0.05) is 32.0 Å². The van der Waals surface area contributed by atoms with Gasteiger partial charge in [0.05, 0.1) is 7.11 Å². The number of carbonyl (C=O) groups is 4. The van der Waals surface area contributed by atoms with E-state index < -0.39 is 35.7 Å². The molecule has 9 heteroatoms. The minimum absolute atomic E-state index is 0.172. The lowest BCUT2D eigenvalue weighted by Crippen LogP contribution is -2.53. The molecule has 0 saturated heterocycles. The molecule has 1 rings (SSSR count). The van der Waals surface area contributed by atoms with Crippen LogP contribution in [-0.2, 0) is 19.1 Å². The molecular weight excluding hydrogens is 426 g/mol. The van der Waals surface area contributed by atoms with Crippen LogP contribution >= 0.6 is 0 Å². The van der Waals surface area contributed by atoms with Crippen LogP contribution in [0.5, 0.6) is 0 Å². The van der Waals surface area contributed by atoms with Crippen molar-refractivity contribution in [2.24, 2.45) is 5.92 Å². The Morgan fingerprint density at radius 2 is 1.61 bits per heavy atom. The van der Waals surface area contributed by atoms with Crippen LogP contribution in [0.1, 0.15) is 64.2 Å². The van der Waals surface area contributed by atoms with Crippen molar-refractivity contribution in [3.8, 4) is 0 Å². The van der Waals surface area contributed by atoms with Crippen LogP contribution in [-0.4, -0.2) is 55.2 Å². The summed E-state index contributed by atoms with van der Waals surface area (Å²) in [5, 5.41) is 8.08. The second-order valence-corrected chi connectivity index (χ2v) is 9.07. The van der Waals surface area contributed by atoms with E-state index in [0.29, 0.717) is 31.4 Å². The van der Waals surface area contributed by atoms with Crippen molar-refractivity contribution in [1.82, 2.24) is 16.0 Å². The lowest BCUT2D eigenvalue weighted by molar-refractivity contribution is -0.146. The van der Waals surface area contributed by atoms with Gasteiger partial charge in [-0.3, -0.25) is 9.59 Å². The third kappa shape index (κ3) is 10.9. The van der Waals surface area contributed by atoms with E-state index in [9.17, 15) is 19.2 Å². The minimum Gasteiger partial charge on any atom is -0.467 e. The number of carbonyl (C=O) groups excluding carboxylic acids is 4. The highest BCUT2D eigenvalue weighted by Gasteiger charge is 2.30. The highest BCUT2D eigenvalue weighted by molar-refractivity contribution is 5.94.